The number of benzene rings is 1. The molecule has 2 aromatic rings. The second-order valence-corrected chi connectivity index (χ2v) is 7.62. The summed E-state index contributed by atoms with van der Waals surface area (Å²) in [7, 11) is 1.18. The second kappa shape index (κ2) is 7.52. The van der Waals surface area contributed by atoms with Crippen LogP contribution in [0.15, 0.2) is 23.5 Å². The van der Waals surface area contributed by atoms with Crippen LogP contribution < -0.4 is 4.74 Å². The molecule has 1 unspecified atom stereocenters. The van der Waals surface area contributed by atoms with Crippen molar-refractivity contribution in [1.29, 1.82) is 0 Å². The van der Waals surface area contributed by atoms with Gasteiger partial charge in [-0.2, -0.15) is 13.2 Å². The predicted octanol–water partition coefficient (Wildman–Crippen LogP) is 4.83. The molecule has 1 aromatic carbocycles. The van der Waals surface area contributed by atoms with Crippen LogP contribution in [0.4, 0.5) is 17.6 Å². The number of rotatable bonds is 3. The maximum Gasteiger partial charge on any atom is 0.435 e. The number of alkyl halides is 3. The Hall–Kier alpha value is -2.59. The van der Waals surface area contributed by atoms with Crippen LogP contribution in [0.2, 0.25) is 10.0 Å². The van der Waals surface area contributed by atoms with Crippen molar-refractivity contribution >= 4 is 34.9 Å². The van der Waals surface area contributed by atoms with Gasteiger partial charge in [0.1, 0.15) is 17.0 Å². The van der Waals surface area contributed by atoms with Gasteiger partial charge in [0.2, 0.25) is 0 Å². The average molecular weight is 479 g/mol. The SMILES string of the molecule is COC(=O)c1cnc(C2=NOC(c3cc(Cl)c(F)c(Cl)c3)(C(F)(F)F)C2)c2c1OCC2. The minimum Gasteiger partial charge on any atom is -0.492 e. The maximum atomic E-state index is 14.2. The third-order valence-corrected chi connectivity index (χ3v) is 5.59. The van der Waals surface area contributed by atoms with Gasteiger partial charge in [0.15, 0.2) is 5.82 Å². The smallest absolute Gasteiger partial charge is 0.435 e. The number of pyridine rings is 1. The van der Waals surface area contributed by atoms with Crippen molar-refractivity contribution in [2.45, 2.75) is 24.6 Å². The Balaban J connectivity index is 1.78. The van der Waals surface area contributed by atoms with Gasteiger partial charge in [-0.3, -0.25) is 4.98 Å². The molecule has 3 heterocycles. The first-order chi connectivity index (χ1) is 14.6. The van der Waals surface area contributed by atoms with Crippen molar-refractivity contribution in [1.82, 2.24) is 4.98 Å². The lowest BCUT2D eigenvalue weighted by Gasteiger charge is -2.29. The number of methoxy groups -OCH3 is 1. The third-order valence-electron chi connectivity index (χ3n) is 5.04. The Labute approximate surface area is 182 Å². The van der Waals surface area contributed by atoms with Gasteiger partial charge >= 0.3 is 12.1 Å². The van der Waals surface area contributed by atoms with E-state index in [0.29, 0.717) is 12.0 Å². The fraction of sp³-hybridized carbons (Fsp3) is 0.316. The third kappa shape index (κ3) is 3.38. The predicted molar refractivity (Wildman–Crippen MR) is 101 cm³/mol. The minimum atomic E-state index is -4.95. The summed E-state index contributed by atoms with van der Waals surface area (Å²) in [4.78, 5) is 21.0. The van der Waals surface area contributed by atoms with Crippen molar-refractivity contribution in [3.05, 3.63) is 56.6 Å². The van der Waals surface area contributed by atoms with Gasteiger partial charge in [-0.25, -0.2) is 9.18 Å². The molecule has 0 spiro atoms. The second-order valence-electron chi connectivity index (χ2n) is 6.80. The van der Waals surface area contributed by atoms with E-state index in [1.54, 1.807) is 0 Å². The van der Waals surface area contributed by atoms with Crippen LogP contribution in [0.3, 0.4) is 0 Å². The van der Waals surface area contributed by atoms with E-state index < -0.39 is 45.6 Å². The summed E-state index contributed by atoms with van der Waals surface area (Å²) in [5.41, 5.74) is -3.00. The summed E-state index contributed by atoms with van der Waals surface area (Å²) in [5.74, 6) is -1.56. The Bertz CT molecular complexity index is 1100. The molecule has 2 aliphatic rings. The highest BCUT2D eigenvalue weighted by Gasteiger charge is 2.63. The number of halogens is 6. The lowest BCUT2D eigenvalue weighted by molar-refractivity contribution is -0.275. The van der Waals surface area contributed by atoms with E-state index in [1.807, 2.05) is 0 Å². The molecule has 2 aliphatic heterocycles. The molecule has 0 aliphatic carbocycles. The number of carbonyl (C=O) groups is 1. The minimum absolute atomic E-state index is 0.0532. The van der Waals surface area contributed by atoms with E-state index in [4.69, 9.17) is 32.8 Å². The lowest BCUT2D eigenvalue weighted by Crippen LogP contribution is -2.42. The molecule has 0 saturated carbocycles. The van der Waals surface area contributed by atoms with Crippen LogP contribution >= 0.6 is 23.2 Å². The van der Waals surface area contributed by atoms with Gasteiger partial charge in [-0.05, 0) is 12.1 Å². The molecule has 0 fully saturated rings. The quantitative estimate of drug-likeness (QED) is 0.359. The molecule has 0 N–H and O–H groups in total. The average Bonchev–Trinajstić information content (AvgIpc) is 3.38. The van der Waals surface area contributed by atoms with Gasteiger partial charge < -0.3 is 14.3 Å². The van der Waals surface area contributed by atoms with E-state index >= 15 is 0 Å². The fourth-order valence-corrected chi connectivity index (χ4v) is 4.00. The molecule has 0 radical (unpaired) electrons. The monoisotopic (exact) mass is 478 g/mol. The van der Waals surface area contributed by atoms with Gasteiger partial charge in [0.25, 0.3) is 5.60 Å². The number of carbonyl (C=O) groups excluding carboxylic acids is 1. The number of hydrogen-bond donors (Lipinski definition) is 0. The molecule has 1 aromatic heterocycles. The Kier molecular flexibility index (Phi) is 5.25. The number of oxime groups is 1. The molecule has 164 valence electrons. The highest BCUT2D eigenvalue weighted by Crippen LogP contribution is 2.50. The van der Waals surface area contributed by atoms with Crippen molar-refractivity contribution in [2.24, 2.45) is 5.16 Å². The molecular formula is C19H12Cl2F4N2O4. The van der Waals surface area contributed by atoms with Crippen LogP contribution in [0.25, 0.3) is 0 Å². The van der Waals surface area contributed by atoms with Crippen LogP contribution in [0.1, 0.15) is 33.6 Å². The summed E-state index contributed by atoms with van der Waals surface area (Å²) in [6.07, 6.45) is -4.28. The largest absolute Gasteiger partial charge is 0.492 e. The number of aromatic nitrogens is 1. The molecule has 0 saturated heterocycles. The number of ether oxygens (including phenoxy) is 2. The van der Waals surface area contributed by atoms with Gasteiger partial charge in [-0.15, -0.1) is 0 Å². The van der Waals surface area contributed by atoms with E-state index in [0.717, 1.165) is 18.3 Å². The first kappa shape index (κ1) is 21.6. The molecular weight excluding hydrogens is 467 g/mol. The fourth-order valence-electron chi connectivity index (χ4n) is 3.51. The summed E-state index contributed by atoms with van der Waals surface area (Å²) in [6.45, 7) is 0.208. The highest BCUT2D eigenvalue weighted by molar-refractivity contribution is 6.35. The summed E-state index contributed by atoms with van der Waals surface area (Å²) < 4.78 is 66.4. The molecule has 12 heteroatoms. The number of nitrogens with zero attached hydrogens (tertiary/aromatic N) is 2. The Morgan fingerprint density at radius 2 is 1.94 bits per heavy atom. The van der Waals surface area contributed by atoms with Gasteiger partial charge in [0.05, 0.1) is 35.9 Å². The van der Waals surface area contributed by atoms with Crippen molar-refractivity contribution in [2.75, 3.05) is 13.7 Å². The Morgan fingerprint density at radius 1 is 1.26 bits per heavy atom. The first-order valence-corrected chi connectivity index (χ1v) is 9.55. The first-order valence-electron chi connectivity index (χ1n) is 8.79. The van der Waals surface area contributed by atoms with Gasteiger partial charge in [-0.1, -0.05) is 28.4 Å². The maximum absolute atomic E-state index is 14.2. The molecule has 0 amide bonds. The topological polar surface area (TPSA) is 70.0 Å². The molecule has 31 heavy (non-hydrogen) atoms. The molecule has 0 bridgehead atoms. The van der Waals surface area contributed by atoms with Crippen molar-refractivity contribution in [3.63, 3.8) is 0 Å². The van der Waals surface area contributed by atoms with E-state index in [-0.39, 0.29) is 29.3 Å². The highest BCUT2D eigenvalue weighted by atomic mass is 35.5. The number of esters is 1. The normalized spacial score (nSPS) is 20.0. The van der Waals surface area contributed by atoms with Gasteiger partial charge in [0, 0.05) is 23.7 Å². The van der Waals surface area contributed by atoms with Crippen LogP contribution in [0, 0.1) is 5.82 Å². The summed E-state index contributed by atoms with van der Waals surface area (Å²) in [6, 6.07) is 1.60. The zero-order valence-electron chi connectivity index (χ0n) is 15.6. The summed E-state index contributed by atoms with van der Waals surface area (Å²) in [5, 5.41) is 2.47. The van der Waals surface area contributed by atoms with Crippen molar-refractivity contribution < 1.29 is 36.7 Å². The number of hydrogen-bond acceptors (Lipinski definition) is 6. The van der Waals surface area contributed by atoms with E-state index in [2.05, 4.69) is 14.9 Å². The van der Waals surface area contributed by atoms with Crippen LogP contribution in [-0.2, 0) is 21.6 Å². The number of fused-ring (bicyclic) bond motifs is 1. The summed E-state index contributed by atoms with van der Waals surface area (Å²) >= 11 is 11.4. The molecule has 6 nitrogen and oxygen atoms in total. The Morgan fingerprint density at radius 3 is 2.55 bits per heavy atom. The molecule has 1 atom stereocenters. The lowest BCUT2D eigenvalue weighted by atomic mass is 9.86. The van der Waals surface area contributed by atoms with Crippen LogP contribution in [-0.4, -0.2) is 36.6 Å². The molecule has 4 rings (SSSR count). The zero-order chi connectivity index (χ0) is 22.6. The van der Waals surface area contributed by atoms with E-state index in [1.165, 1.54) is 7.11 Å². The zero-order valence-corrected chi connectivity index (χ0v) is 17.2. The van der Waals surface area contributed by atoms with Crippen molar-refractivity contribution in [3.8, 4) is 5.75 Å². The standard InChI is InChI=1S/C19H12Cl2F4N2O4/c1-29-17(28)10-7-26-15(9-2-3-30-16(9)10)13-6-18(31-27-13,19(23,24)25)8-4-11(20)14(22)12(21)5-8/h4-5,7H,2-3,6H2,1H3. The van der Waals surface area contributed by atoms with Crippen LogP contribution in [0.5, 0.6) is 5.75 Å². The van der Waals surface area contributed by atoms with E-state index in [9.17, 15) is 22.4 Å².